The predicted octanol–water partition coefficient (Wildman–Crippen LogP) is 5.59. The highest BCUT2D eigenvalue weighted by atomic mass is 16.5. The van der Waals surface area contributed by atoms with Crippen LogP contribution in [-0.2, 0) is 29.0 Å². The highest BCUT2D eigenvalue weighted by Crippen LogP contribution is 2.29. The fraction of sp³-hybridized carbons (Fsp3) is 0.394. The zero-order valence-electron chi connectivity index (χ0n) is 24.3. The zero-order chi connectivity index (χ0) is 28.9. The third-order valence-corrected chi connectivity index (χ3v) is 6.42. The van der Waals surface area contributed by atoms with Crippen LogP contribution in [0.3, 0.4) is 0 Å². The molecule has 1 atom stereocenters. The van der Waals surface area contributed by atoms with Gasteiger partial charge in [-0.1, -0.05) is 48.5 Å². The SMILES string of the molecule is CCOc1ccc(CCC(=O)N(Cc2cccc(OC)c2)[C@@H](Cc2ccccc2)C(=O)NC(C)C)cc1OCC. The summed E-state index contributed by atoms with van der Waals surface area (Å²) >= 11 is 0. The van der Waals surface area contributed by atoms with Crippen molar-refractivity contribution in [3.8, 4) is 17.2 Å². The zero-order valence-corrected chi connectivity index (χ0v) is 24.3. The van der Waals surface area contributed by atoms with Gasteiger partial charge in [0, 0.05) is 25.4 Å². The Morgan fingerprint density at radius 2 is 1.52 bits per heavy atom. The molecule has 0 saturated carbocycles. The highest BCUT2D eigenvalue weighted by Gasteiger charge is 2.30. The van der Waals surface area contributed by atoms with E-state index in [9.17, 15) is 9.59 Å². The lowest BCUT2D eigenvalue weighted by molar-refractivity contribution is -0.141. The maximum absolute atomic E-state index is 13.9. The Morgan fingerprint density at radius 3 is 2.20 bits per heavy atom. The fourth-order valence-electron chi connectivity index (χ4n) is 4.55. The number of benzene rings is 3. The van der Waals surface area contributed by atoms with Crippen LogP contribution < -0.4 is 19.5 Å². The number of aryl methyl sites for hydroxylation is 1. The van der Waals surface area contributed by atoms with E-state index in [0.717, 1.165) is 16.7 Å². The van der Waals surface area contributed by atoms with E-state index in [0.29, 0.717) is 43.3 Å². The molecule has 7 nitrogen and oxygen atoms in total. The minimum Gasteiger partial charge on any atom is -0.497 e. The average molecular weight is 547 g/mol. The lowest BCUT2D eigenvalue weighted by Gasteiger charge is -2.32. The molecule has 0 bridgehead atoms. The number of carbonyl (C=O) groups is 2. The van der Waals surface area contributed by atoms with Crippen LogP contribution in [0.4, 0.5) is 0 Å². The first-order valence-corrected chi connectivity index (χ1v) is 14.0. The number of hydrogen-bond donors (Lipinski definition) is 1. The number of nitrogens with one attached hydrogen (secondary N) is 1. The highest BCUT2D eigenvalue weighted by molar-refractivity contribution is 5.88. The van der Waals surface area contributed by atoms with Gasteiger partial charge in [0.1, 0.15) is 11.8 Å². The first kappa shape index (κ1) is 30.5. The molecular weight excluding hydrogens is 504 g/mol. The molecule has 40 heavy (non-hydrogen) atoms. The summed E-state index contributed by atoms with van der Waals surface area (Å²) in [6.07, 6.45) is 1.15. The number of ether oxygens (including phenoxy) is 3. The summed E-state index contributed by atoms with van der Waals surface area (Å²) in [5.74, 6) is 1.78. The number of hydrogen-bond acceptors (Lipinski definition) is 5. The number of methoxy groups -OCH3 is 1. The quantitative estimate of drug-likeness (QED) is 0.269. The number of amides is 2. The van der Waals surface area contributed by atoms with Crippen LogP contribution in [0.15, 0.2) is 72.8 Å². The third-order valence-electron chi connectivity index (χ3n) is 6.42. The molecule has 3 aromatic carbocycles. The Hall–Kier alpha value is -4.00. The molecule has 3 rings (SSSR count). The fourth-order valence-corrected chi connectivity index (χ4v) is 4.55. The van der Waals surface area contributed by atoms with E-state index in [-0.39, 0.29) is 30.8 Å². The van der Waals surface area contributed by atoms with Crippen molar-refractivity contribution >= 4 is 11.8 Å². The van der Waals surface area contributed by atoms with Gasteiger partial charge in [0.2, 0.25) is 11.8 Å². The van der Waals surface area contributed by atoms with Crippen LogP contribution in [0.1, 0.15) is 50.8 Å². The average Bonchev–Trinajstić information content (AvgIpc) is 2.95. The van der Waals surface area contributed by atoms with Crippen molar-refractivity contribution in [1.29, 1.82) is 0 Å². The van der Waals surface area contributed by atoms with Gasteiger partial charge < -0.3 is 24.4 Å². The first-order chi connectivity index (χ1) is 19.3. The lowest BCUT2D eigenvalue weighted by atomic mass is 10.0. The van der Waals surface area contributed by atoms with Crippen molar-refractivity contribution in [2.24, 2.45) is 0 Å². The van der Waals surface area contributed by atoms with Crippen molar-refractivity contribution in [2.75, 3.05) is 20.3 Å². The van der Waals surface area contributed by atoms with E-state index in [1.165, 1.54) is 0 Å². The summed E-state index contributed by atoms with van der Waals surface area (Å²) in [7, 11) is 1.61. The molecule has 0 aliphatic carbocycles. The summed E-state index contributed by atoms with van der Waals surface area (Å²) in [4.78, 5) is 29.2. The Kier molecular flexibility index (Phi) is 11.9. The second-order valence-corrected chi connectivity index (χ2v) is 9.89. The topological polar surface area (TPSA) is 77.1 Å². The van der Waals surface area contributed by atoms with Gasteiger partial charge in [-0.2, -0.15) is 0 Å². The summed E-state index contributed by atoms with van der Waals surface area (Å²) in [6, 6.07) is 22.5. The Labute approximate surface area is 238 Å². The maximum atomic E-state index is 13.9. The van der Waals surface area contributed by atoms with Gasteiger partial charge in [0.25, 0.3) is 0 Å². The third kappa shape index (κ3) is 9.04. The summed E-state index contributed by atoms with van der Waals surface area (Å²) in [5, 5.41) is 3.03. The molecule has 0 aliphatic heterocycles. The summed E-state index contributed by atoms with van der Waals surface area (Å²) < 4.78 is 16.9. The van der Waals surface area contributed by atoms with Gasteiger partial charge >= 0.3 is 0 Å². The normalized spacial score (nSPS) is 11.6. The van der Waals surface area contributed by atoms with Gasteiger partial charge in [0.05, 0.1) is 20.3 Å². The van der Waals surface area contributed by atoms with E-state index in [2.05, 4.69) is 5.32 Å². The largest absolute Gasteiger partial charge is 0.497 e. The van der Waals surface area contributed by atoms with Crippen LogP contribution >= 0.6 is 0 Å². The van der Waals surface area contributed by atoms with Crippen molar-refractivity contribution in [2.45, 2.75) is 65.6 Å². The molecule has 0 unspecified atom stereocenters. The predicted molar refractivity (Wildman–Crippen MR) is 158 cm³/mol. The standard InChI is InChI=1S/C33H42N2O5/c1-6-39-30-18-16-26(22-31(30)40-7-2)17-19-32(36)35(23-27-14-11-15-28(20-27)38-5)29(33(37)34-24(3)4)21-25-12-9-8-10-13-25/h8-16,18,20,22,24,29H,6-7,17,19,21,23H2,1-5H3,(H,34,37)/t29-/m0/s1. The second-order valence-electron chi connectivity index (χ2n) is 9.89. The number of carbonyl (C=O) groups excluding carboxylic acids is 2. The Morgan fingerprint density at radius 1 is 0.825 bits per heavy atom. The van der Waals surface area contributed by atoms with E-state index < -0.39 is 6.04 Å². The molecule has 0 aliphatic rings. The Bertz CT molecular complexity index is 1230. The molecule has 3 aromatic rings. The molecule has 2 amide bonds. The molecule has 1 N–H and O–H groups in total. The molecule has 0 spiro atoms. The van der Waals surface area contributed by atoms with Crippen molar-refractivity contribution in [1.82, 2.24) is 10.2 Å². The first-order valence-electron chi connectivity index (χ1n) is 14.0. The minimum absolute atomic E-state index is 0.0552. The van der Waals surface area contributed by atoms with Gasteiger partial charge in [0.15, 0.2) is 11.5 Å². The monoisotopic (exact) mass is 546 g/mol. The summed E-state index contributed by atoms with van der Waals surface area (Å²) in [5.41, 5.74) is 2.85. The van der Waals surface area contributed by atoms with Gasteiger partial charge in [-0.05, 0) is 75.1 Å². The summed E-state index contributed by atoms with van der Waals surface area (Å²) in [6.45, 7) is 9.05. The van der Waals surface area contributed by atoms with Gasteiger partial charge in [-0.15, -0.1) is 0 Å². The van der Waals surface area contributed by atoms with E-state index >= 15 is 0 Å². The van der Waals surface area contributed by atoms with Crippen molar-refractivity contribution in [3.05, 3.63) is 89.5 Å². The molecule has 0 fully saturated rings. The second kappa shape index (κ2) is 15.6. The molecule has 0 radical (unpaired) electrons. The minimum atomic E-state index is -0.678. The van der Waals surface area contributed by atoms with E-state index in [1.54, 1.807) is 12.0 Å². The van der Waals surface area contributed by atoms with Crippen molar-refractivity contribution < 1.29 is 23.8 Å². The molecule has 7 heteroatoms. The molecule has 0 heterocycles. The number of nitrogens with zero attached hydrogens (tertiary/aromatic N) is 1. The van der Waals surface area contributed by atoms with Crippen LogP contribution in [0, 0.1) is 0 Å². The van der Waals surface area contributed by atoms with Crippen molar-refractivity contribution in [3.63, 3.8) is 0 Å². The maximum Gasteiger partial charge on any atom is 0.243 e. The molecule has 0 aromatic heterocycles. The van der Waals surface area contributed by atoms with Crippen LogP contribution in [0.2, 0.25) is 0 Å². The molecule has 214 valence electrons. The van der Waals surface area contributed by atoms with Crippen LogP contribution in [0.25, 0.3) is 0 Å². The number of rotatable bonds is 15. The molecule has 0 saturated heterocycles. The Balaban J connectivity index is 1.91. The molecular formula is C33H42N2O5. The van der Waals surface area contributed by atoms with E-state index in [1.807, 2.05) is 100 Å². The smallest absolute Gasteiger partial charge is 0.243 e. The van der Waals surface area contributed by atoms with Gasteiger partial charge in [-0.3, -0.25) is 9.59 Å². The van der Waals surface area contributed by atoms with Crippen LogP contribution in [0.5, 0.6) is 17.2 Å². The lowest BCUT2D eigenvalue weighted by Crippen LogP contribution is -2.51. The van der Waals surface area contributed by atoms with E-state index in [4.69, 9.17) is 14.2 Å². The van der Waals surface area contributed by atoms with Gasteiger partial charge in [-0.25, -0.2) is 0 Å². The van der Waals surface area contributed by atoms with Crippen LogP contribution in [-0.4, -0.2) is 49.1 Å².